The van der Waals surface area contributed by atoms with E-state index < -0.39 is 0 Å². The van der Waals surface area contributed by atoms with E-state index in [-0.39, 0.29) is 17.9 Å². The average molecular weight is 362 g/mol. The number of hydrogen-bond acceptors (Lipinski definition) is 3. The van der Waals surface area contributed by atoms with E-state index in [1.165, 1.54) is 69.2 Å². The van der Waals surface area contributed by atoms with E-state index in [4.69, 9.17) is 4.74 Å². The van der Waals surface area contributed by atoms with E-state index in [0.717, 1.165) is 37.9 Å². The number of likely N-dealkylation sites (tertiary alicyclic amines) is 1. The maximum Gasteiger partial charge on any atom is 0.338 e. The van der Waals surface area contributed by atoms with Gasteiger partial charge in [-0.2, -0.15) is 0 Å². The van der Waals surface area contributed by atoms with Gasteiger partial charge >= 0.3 is 5.97 Å². The SMILES string of the molecule is CCCCC1CCC(N2CCC(OC(=O)c3ccc(F)cc3)CC2)CC1. The second-order valence-corrected chi connectivity index (χ2v) is 7.96. The van der Waals surface area contributed by atoms with Crippen molar-refractivity contribution in [2.75, 3.05) is 13.1 Å². The van der Waals surface area contributed by atoms with Crippen LogP contribution in [-0.4, -0.2) is 36.1 Å². The Kier molecular flexibility index (Phi) is 7.07. The molecule has 1 aromatic rings. The molecule has 0 amide bonds. The third-order valence-electron chi connectivity index (χ3n) is 6.13. The van der Waals surface area contributed by atoms with Crippen molar-refractivity contribution < 1.29 is 13.9 Å². The van der Waals surface area contributed by atoms with Crippen molar-refractivity contribution in [2.24, 2.45) is 5.92 Å². The smallest absolute Gasteiger partial charge is 0.338 e. The molecule has 1 saturated heterocycles. The molecule has 2 aliphatic rings. The Morgan fingerprint density at radius 1 is 1.08 bits per heavy atom. The lowest BCUT2D eigenvalue weighted by Gasteiger charge is -2.40. The summed E-state index contributed by atoms with van der Waals surface area (Å²) < 4.78 is 18.6. The lowest BCUT2D eigenvalue weighted by atomic mass is 9.82. The Labute approximate surface area is 156 Å². The Bertz CT molecular complexity index is 558. The van der Waals surface area contributed by atoms with Crippen molar-refractivity contribution in [3.8, 4) is 0 Å². The number of carbonyl (C=O) groups excluding carboxylic acids is 1. The third kappa shape index (κ3) is 5.29. The molecule has 0 atom stereocenters. The summed E-state index contributed by atoms with van der Waals surface area (Å²) in [4.78, 5) is 14.8. The van der Waals surface area contributed by atoms with Gasteiger partial charge in [-0.05, 0) is 68.7 Å². The lowest BCUT2D eigenvalue weighted by Crippen LogP contribution is -2.45. The molecule has 1 heterocycles. The number of carbonyl (C=O) groups is 1. The molecule has 0 aromatic heterocycles. The zero-order valence-corrected chi connectivity index (χ0v) is 16.0. The van der Waals surface area contributed by atoms with Gasteiger partial charge in [-0.3, -0.25) is 0 Å². The van der Waals surface area contributed by atoms with Gasteiger partial charge in [-0.1, -0.05) is 26.2 Å². The molecule has 144 valence electrons. The molecule has 0 radical (unpaired) electrons. The average Bonchev–Trinajstić information content (AvgIpc) is 2.68. The minimum Gasteiger partial charge on any atom is -0.459 e. The summed E-state index contributed by atoms with van der Waals surface area (Å²) in [5.74, 6) is 0.277. The molecule has 3 nitrogen and oxygen atoms in total. The summed E-state index contributed by atoms with van der Waals surface area (Å²) in [6.07, 6.45) is 11.3. The van der Waals surface area contributed by atoms with Gasteiger partial charge in [-0.15, -0.1) is 0 Å². The van der Waals surface area contributed by atoms with Crippen LogP contribution in [0.5, 0.6) is 0 Å². The van der Waals surface area contributed by atoms with Gasteiger partial charge in [0, 0.05) is 19.1 Å². The summed E-state index contributed by atoms with van der Waals surface area (Å²) in [6, 6.07) is 6.31. The maximum absolute atomic E-state index is 13.0. The van der Waals surface area contributed by atoms with Crippen molar-refractivity contribution >= 4 is 5.97 Å². The van der Waals surface area contributed by atoms with Gasteiger partial charge in [0.1, 0.15) is 11.9 Å². The molecule has 1 aliphatic carbocycles. The monoisotopic (exact) mass is 361 g/mol. The molecule has 4 heteroatoms. The number of piperidine rings is 1. The van der Waals surface area contributed by atoms with E-state index in [0.29, 0.717) is 5.56 Å². The predicted octanol–water partition coefficient (Wildman–Crippen LogP) is 5.20. The first-order valence-corrected chi connectivity index (χ1v) is 10.4. The van der Waals surface area contributed by atoms with E-state index in [1.54, 1.807) is 0 Å². The summed E-state index contributed by atoms with van der Waals surface area (Å²) in [6.45, 7) is 4.32. The number of rotatable bonds is 6. The first-order valence-electron chi connectivity index (χ1n) is 10.4. The largest absolute Gasteiger partial charge is 0.459 e. The Hall–Kier alpha value is -1.42. The summed E-state index contributed by atoms with van der Waals surface area (Å²) in [7, 11) is 0. The number of nitrogens with zero attached hydrogens (tertiary/aromatic N) is 1. The van der Waals surface area contributed by atoms with Crippen molar-refractivity contribution in [1.29, 1.82) is 0 Å². The van der Waals surface area contributed by atoms with E-state index in [9.17, 15) is 9.18 Å². The number of unbranched alkanes of at least 4 members (excludes halogenated alkanes) is 1. The van der Waals surface area contributed by atoms with Crippen LogP contribution in [0.1, 0.15) is 75.1 Å². The van der Waals surface area contributed by atoms with Crippen LogP contribution < -0.4 is 0 Å². The number of benzene rings is 1. The number of hydrogen-bond donors (Lipinski definition) is 0. The summed E-state index contributed by atoms with van der Waals surface area (Å²) in [5.41, 5.74) is 0.430. The number of ether oxygens (including phenoxy) is 1. The normalized spacial score (nSPS) is 25.2. The zero-order valence-electron chi connectivity index (χ0n) is 16.0. The quantitative estimate of drug-likeness (QED) is 0.653. The molecule has 1 aromatic carbocycles. The second kappa shape index (κ2) is 9.50. The highest BCUT2D eigenvalue weighted by atomic mass is 19.1. The fourth-order valence-corrected chi connectivity index (χ4v) is 4.46. The molecule has 0 spiro atoms. The summed E-state index contributed by atoms with van der Waals surface area (Å²) >= 11 is 0. The van der Waals surface area contributed by atoms with Crippen LogP contribution in [0.4, 0.5) is 4.39 Å². The van der Waals surface area contributed by atoms with Gasteiger partial charge < -0.3 is 9.64 Å². The van der Waals surface area contributed by atoms with Crippen molar-refractivity contribution in [3.63, 3.8) is 0 Å². The van der Waals surface area contributed by atoms with Crippen LogP contribution >= 0.6 is 0 Å². The first kappa shape index (κ1) is 19.3. The summed E-state index contributed by atoms with van der Waals surface area (Å²) in [5, 5.41) is 0. The molecule has 2 fully saturated rings. The molecular weight excluding hydrogens is 329 g/mol. The van der Waals surface area contributed by atoms with Crippen LogP contribution in [0, 0.1) is 11.7 Å². The van der Waals surface area contributed by atoms with Crippen molar-refractivity contribution in [2.45, 2.75) is 76.9 Å². The predicted molar refractivity (Wildman–Crippen MR) is 102 cm³/mol. The van der Waals surface area contributed by atoms with Gasteiger partial charge in [0.25, 0.3) is 0 Å². The fourth-order valence-electron chi connectivity index (χ4n) is 4.46. The minimum absolute atomic E-state index is 0.00954. The first-order chi connectivity index (χ1) is 12.7. The molecule has 0 bridgehead atoms. The maximum atomic E-state index is 13.0. The molecule has 3 rings (SSSR count). The highest BCUT2D eigenvalue weighted by Crippen LogP contribution is 2.32. The molecule has 1 aliphatic heterocycles. The fraction of sp³-hybridized carbons (Fsp3) is 0.682. The standard InChI is InChI=1S/C22H32FNO2/c1-2-3-4-17-5-11-20(12-6-17)24-15-13-21(14-16-24)26-22(25)18-7-9-19(23)10-8-18/h7-10,17,20-21H,2-6,11-16H2,1H3. The van der Waals surface area contributed by atoms with Crippen LogP contribution in [0.15, 0.2) is 24.3 Å². The Balaban J connectivity index is 1.39. The van der Waals surface area contributed by atoms with E-state index in [1.807, 2.05) is 0 Å². The van der Waals surface area contributed by atoms with Gasteiger partial charge in [0.05, 0.1) is 5.56 Å². The van der Waals surface area contributed by atoms with Crippen LogP contribution in [0.2, 0.25) is 0 Å². The molecule has 26 heavy (non-hydrogen) atoms. The van der Waals surface area contributed by atoms with Crippen LogP contribution in [0.3, 0.4) is 0 Å². The lowest BCUT2D eigenvalue weighted by molar-refractivity contribution is 0.00163. The molecular formula is C22H32FNO2. The molecule has 0 N–H and O–H groups in total. The van der Waals surface area contributed by atoms with Crippen LogP contribution in [0.25, 0.3) is 0 Å². The second-order valence-electron chi connectivity index (χ2n) is 7.96. The zero-order chi connectivity index (χ0) is 18.4. The third-order valence-corrected chi connectivity index (χ3v) is 6.13. The Morgan fingerprint density at radius 2 is 1.73 bits per heavy atom. The van der Waals surface area contributed by atoms with E-state index in [2.05, 4.69) is 11.8 Å². The minimum atomic E-state index is -0.334. The number of halogens is 1. The highest BCUT2D eigenvalue weighted by Gasteiger charge is 2.30. The molecule has 0 unspecified atom stereocenters. The Morgan fingerprint density at radius 3 is 2.35 bits per heavy atom. The van der Waals surface area contributed by atoms with Crippen molar-refractivity contribution in [3.05, 3.63) is 35.6 Å². The van der Waals surface area contributed by atoms with E-state index >= 15 is 0 Å². The topological polar surface area (TPSA) is 29.5 Å². The van der Waals surface area contributed by atoms with Gasteiger partial charge in [0.2, 0.25) is 0 Å². The molecule has 1 saturated carbocycles. The van der Waals surface area contributed by atoms with Crippen LogP contribution in [-0.2, 0) is 4.74 Å². The van der Waals surface area contributed by atoms with Gasteiger partial charge in [0.15, 0.2) is 0 Å². The number of esters is 1. The highest BCUT2D eigenvalue weighted by molar-refractivity contribution is 5.89. The van der Waals surface area contributed by atoms with Crippen molar-refractivity contribution in [1.82, 2.24) is 4.90 Å². The van der Waals surface area contributed by atoms with Gasteiger partial charge in [-0.25, -0.2) is 9.18 Å².